The number of amides is 2. The SMILES string of the molecule is Cc1cccc(CNC(=O)Nc2ccncc2)c1. The molecule has 0 saturated heterocycles. The minimum Gasteiger partial charge on any atom is -0.334 e. The Kier molecular flexibility index (Phi) is 3.91. The van der Waals surface area contributed by atoms with Gasteiger partial charge in [-0.25, -0.2) is 4.79 Å². The van der Waals surface area contributed by atoms with Crippen molar-refractivity contribution in [2.45, 2.75) is 13.5 Å². The van der Waals surface area contributed by atoms with Crippen LogP contribution in [0.5, 0.6) is 0 Å². The third-order valence-electron chi connectivity index (χ3n) is 2.47. The summed E-state index contributed by atoms with van der Waals surface area (Å²) < 4.78 is 0. The van der Waals surface area contributed by atoms with Crippen LogP contribution in [-0.4, -0.2) is 11.0 Å². The fourth-order valence-electron chi connectivity index (χ4n) is 1.61. The fraction of sp³-hybridized carbons (Fsp3) is 0.143. The van der Waals surface area contributed by atoms with E-state index in [4.69, 9.17) is 0 Å². The monoisotopic (exact) mass is 241 g/mol. The lowest BCUT2D eigenvalue weighted by molar-refractivity contribution is 0.251. The van der Waals surface area contributed by atoms with E-state index in [0.29, 0.717) is 6.54 Å². The van der Waals surface area contributed by atoms with Crippen molar-refractivity contribution in [3.63, 3.8) is 0 Å². The molecule has 4 heteroatoms. The zero-order valence-electron chi connectivity index (χ0n) is 10.2. The predicted octanol–water partition coefficient (Wildman–Crippen LogP) is 2.71. The van der Waals surface area contributed by atoms with Gasteiger partial charge >= 0.3 is 6.03 Å². The maximum Gasteiger partial charge on any atom is 0.319 e. The molecule has 0 radical (unpaired) electrons. The molecular formula is C14H15N3O. The average Bonchev–Trinajstić information content (AvgIpc) is 2.38. The molecule has 1 aromatic carbocycles. The summed E-state index contributed by atoms with van der Waals surface area (Å²) in [4.78, 5) is 15.5. The topological polar surface area (TPSA) is 54.0 Å². The molecule has 1 heterocycles. The van der Waals surface area contributed by atoms with Gasteiger partial charge in [-0.05, 0) is 24.6 Å². The normalized spacial score (nSPS) is 9.83. The second-order valence-electron chi connectivity index (χ2n) is 4.03. The highest BCUT2D eigenvalue weighted by Gasteiger charge is 2.01. The Morgan fingerprint density at radius 1 is 1.22 bits per heavy atom. The van der Waals surface area contributed by atoms with Crippen LogP contribution in [0.3, 0.4) is 0 Å². The third-order valence-corrected chi connectivity index (χ3v) is 2.47. The number of aryl methyl sites for hydroxylation is 1. The van der Waals surface area contributed by atoms with Crippen LogP contribution in [0, 0.1) is 6.92 Å². The Morgan fingerprint density at radius 3 is 2.72 bits per heavy atom. The summed E-state index contributed by atoms with van der Waals surface area (Å²) in [6.45, 7) is 2.54. The first-order chi connectivity index (χ1) is 8.74. The summed E-state index contributed by atoms with van der Waals surface area (Å²) >= 11 is 0. The number of benzene rings is 1. The Hall–Kier alpha value is -2.36. The number of hydrogen-bond acceptors (Lipinski definition) is 2. The Balaban J connectivity index is 1.85. The van der Waals surface area contributed by atoms with Gasteiger partial charge in [-0.2, -0.15) is 0 Å². The molecule has 0 atom stereocenters. The van der Waals surface area contributed by atoms with Crippen LogP contribution in [0.2, 0.25) is 0 Å². The quantitative estimate of drug-likeness (QED) is 0.868. The van der Waals surface area contributed by atoms with Crippen molar-refractivity contribution in [3.05, 3.63) is 59.9 Å². The molecular weight excluding hydrogens is 226 g/mol. The molecule has 0 saturated carbocycles. The second-order valence-corrected chi connectivity index (χ2v) is 4.03. The molecule has 4 nitrogen and oxygen atoms in total. The highest BCUT2D eigenvalue weighted by molar-refractivity contribution is 5.88. The van der Waals surface area contributed by atoms with Crippen LogP contribution in [-0.2, 0) is 6.54 Å². The lowest BCUT2D eigenvalue weighted by Crippen LogP contribution is -2.28. The van der Waals surface area contributed by atoms with Crippen molar-refractivity contribution in [2.24, 2.45) is 0 Å². The first-order valence-corrected chi connectivity index (χ1v) is 5.74. The van der Waals surface area contributed by atoms with Gasteiger partial charge in [-0.1, -0.05) is 29.8 Å². The number of rotatable bonds is 3. The second kappa shape index (κ2) is 5.82. The van der Waals surface area contributed by atoms with Gasteiger partial charge in [0, 0.05) is 24.6 Å². The molecule has 92 valence electrons. The summed E-state index contributed by atoms with van der Waals surface area (Å²) in [6.07, 6.45) is 3.27. The van der Waals surface area contributed by atoms with Gasteiger partial charge in [0.15, 0.2) is 0 Å². The van der Waals surface area contributed by atoms with Crippen LogP contribution in [0.4, 0.5) is 10.5 Å². The van der Waals surface area contributed by atoms with Crippen molar-refractivity contribution in [1.82, 2.24) is 10.3 Å². The lowest BCUT2D eigenvalue weighted by Gasteiger charge is -2.07. The summed E-state index contributed by atoms with van der Waals surface area (Å²) in [5.74, 6) is 0. The standard InChI is InChI=1S/C14H15N3O/c1-11-3-2-4-12(9-11)10-16-14(18)17-13-5-7-15-8-6-13/h2-9H,10H2,1H3,(H2,15,16,17,18). The van der Waals surface area contributed by atoms with Crippen molar-refractivity contribution in [1.29, 1.82) is 0 Å². The first-order valence-electron chi connectivity index (χ1n) is 5.74. The molecule has 0 fully saturated rings. The Bertz CT molecular complexity index is 526. The van der Waals surface area contributed by atoms with Gasteiger partial charge in [-0.3, -0.25) is 4.98 Å². The average molecular weight is 241 g/mol. The van der Waals surface area contributed by atoms with E-state index in [1.54, 1.807) is 24.5 Å². The summed E-state index contributed by atoms with van der Waals surface area (Å²) in [6, 6.07) is 11.3. The number of pyridine rings is 1. The van der Waals surface area contributed by atoms with E-state index in [9.17, 15) is 4.79 Å². The molecule has 0 aliphatic carbocycles. The van der Waals surface area contributed by atoms with E-state index >= 15 is 0 Å². The summed E-state index contributed by atoms with van der Waals surface area (Å²) in [7, 11) is 0. The van der Waals surface area contributed by atoms with Crippen molar-refractivity contribution >= 4 is 11.7 Å². The van der Waals surface area contributed by atoms with E-state index in [2.05, 4.69) is 15.6 Å². The molecule has 18 heavy (non-hydrogen) atoms. The molecule has 1 aromatic heterocycles. The molecule has 2 aromatic rings. The number of hydrogen-bond donors (Lipinski definition) is 2. The molecule has 0 spiro atoms. The Labute approximate surface area is 106 Å². The van der Waals surface area contributed by atoms with E-state index in [-0.39, 0.29) is 6.03 Å². The summed E-state index contributed by atoms with van der Waals surface area (Å²) in [5, 5.41) is 5.54. The van der Waals surface area contributed by atoms with E-state index < -0.39 is 0 Å². The fourth-order valence-corrected chi connectivity index (χ4v) is 1.61. The zero-order chi connectivity index (χ0) is 12.8. The van der Waals surface area contributed by atoms with E-state index in [1.165, 1.54) is 5.56 Å². The minimum atomic E-state index is -0.220. The van der Waals surface area contributed by atoms with Gasteiger partial charge < -0.3 is 10.6 Å². The van der Waals surface area contributed by atoms with Gasteiger partial charge in [0.1, 0.15) is 0 Å². The van der Waals surface area contributed by atoms with Crippen LogP contribution in [0.15, 0.2) is 48.8 Å². The third kappa shape index (κ3) is 3.59. The van der Waals surface area contributed by atoms with Gasteiger partial charge in [0.05, 0.1) is 0 Å². The molecule has 0 bridgehead atoms. The number of carbonyl (C=O) groups is 1. The largest absolute Gasteiger partial charge is 0.334 e. The maximum atomic E-state index is 11.6. The van der Waals surface area contributed by atoms with Crippen LogP contribution >= 0.6 is 0 Å². The zero-order valence-corrected chi connectivity index (χ0v) is 10.2. The molecule has 2 N–H and O–H groups in total. The van der Waals surface area contributed by atoms with E-state index in [1.807, 2.05) is 31.2 Å². The number of nitrogens with zero attached hydrogens (tertiary/aromatic N) is 1. The number of nitrogens with one attached hydrogen (secondary N) is 2. The number of carbonyl (C=O) groups excluding carboxylic acids is 1. The van der Waals surface area contributed by atoms with Gasteiger partial charge in [0.2, 0.25) is 0 Å². The minimum absolute atomic E-state index is 0.220. The first kappa shape index (κ1) is 12.1. The van der Waals surface area contributed by atoms with Gasteiger partial charge in [0.25, 0.3) is 0 Å². The number of urea groups is 1. The molecule has 2 amide bonds. The Morgan fingerprint density at radius 2 is 2.00 bits per heavy atom. The molecule has 0 aliphatic heterocycles. The number of anilines is 1. The van der Waals surface area contributed by atoms with Gasteiger partial charge in [-0.15, -0.1) is 0 Å². The highest BCUT2D eigenvalue weighted by atomic mass is 16.2. The maximum absolute atomic E-state index is 11.6. The summed E-state index contributed by atoms with van der Waals surface area (Å²) in [5.41, 5.74) is 3.00. The van der Waals surface area contributed by atoms with Crippen LogP contribution in [0.25, 0.3) is 0 Å². The highest BCUT2D eigenvalue weighted by Crippen LogP contribution is 2.05. The smallest absolute Gasteiger partial charge is 0.319 e. The predicted molar refractivity (Wildman–Crippen MR) is 71.3 cm³/mol. The van der Waals surface area contributed by atoms with Crippen molar-refractivity contribution in [2.75, 3.05) is 5.32 Å². The van der Waals surface area contributed by atoms with Crippen molar-refractivity contribution in [3.8, 4) is 0 Å². The van der Waals surface area contributed by atoms with Crippen LogP contribution < -0.4 is 10.6 Å². The van der Waals surface area contributed by atoms with E-state index in [0.717, 1.165) is 11.3 Å². The molecule has 0 aliphatic rings. The molecule has 0 unspecified atom stereocenters. The number of aromatic nitrogens is 1. The molecule has 2 rings (SSSR count). The van der Waals surface area contributed by atoms with Crippen LogP contribution in [0.1, 0.15) is 11.1 Å². The van der Waals surface area contributed by atoms with Crippen molar-refractivity contribution < 1.29 is 4.79 Å². The lowest BCUT2D eigenvalue weighted by atomic mass is 10.1.